The number of benzene rings is 3. The lowest BCUT2D eigenvalue weighted by Crippen LogP contribution is -2.26. The summed E-state index contributed by atoms with van der Waals surface area (Å²) in [4.78, 5) is 12.7. The third kappa shape index (κ3) is 6.86. The number of rotatable bonds is 9. The van der Waals surface area contributed by atoms with Crippen molar-refractivity contribution < 1.29 is 13.2 Å². The van der Waals surface area contributed by atoms with Gasteiger partial charge in [0.05, 0.1) is 33.0 Å². The largest absolute Gasteiger partial charge is 0.326 e. The second kappa shape index (κ2) is 11.9. The Labute approximate surface area is 222 Å². The molecule has 0 saturated carbocycles. The van der Waals surface area contributed by atoms with E-state index in [9.17, 15) is 18.5 Å². The Bertz CT molecular complexity index is 1390. The number of halogens is 2. The highest BCUT2D eigenvalue weighted by atomic mass is 35.5. The van der Waals surface area contributed by atoms with Crippen molar-refractivity contribution in [3.05, 3.63) is 81.3 Å². The zero-order valence-electron chi connectivity index (χ0n) is 20.2. The number of nitrogens with zero attached hydrogens (tertiary/aromatic N) is 1. The Hall–Kier alpha value is -2.89. The van der Waals surface area contributed by atoms with Crippen molar-refractivity contribution in [2.75, 3.05) is 18.6 Å². The van der Waals surface area contributed by atoms with Crippen LogP contribution in [0.5, 0.6) is 0 Å². The van der Waals surface area contributed by atoms with Crippen LogP contribution in [0.4, 0.5) is 5.69 Å². The van der Waals surface area contributed by atoms with Gasteiger partial charge >= 0.3 is 0 Å². The summed E-state index contributed by atoms with van der Waals surface area (Å²) in [5, 5.41) is 16.4. The first-order valence-corrected chi connectivity index (χ1v) is 14.0. The lowest BCUT2D eigenvalue weighted by Gasteiger charge is -2.16. The van der Waals surface area contributed by atoms with Crippen molar-refractivity contribution >= 4 is 44.6 Å². The van der Waals surface area contributed by atoms with E-state index in [-0.39, 0.29) is 23.3 Å². The monoisotopic (exact) mass is 543 g/mol. The van der Waals surface area contributed by atoms with E-state index in [2.05, 4.69) is 23.6 Å². The smallest absolute Gasteiger partial charge is 0.228 e. The van der Waals surface area contributed by atoms with E-state index in [1.54, 1.807) is 30.3 Å². The van der Waals surface area contributed by atoms with Gasteiger partial charge in [-0.2, -0.15) is 5.26 Å². The first kappa shape index (κ1) is 27.7. The molecule has 1 unspecified atom stereocenters. The van der Waals surface area contributed by atoms with Crippen molar-refractivity contribution in [3.63, 3.8) is 0 Å². The van der Waals surface area contributed by atoms with E-state index in [4.69, 9.17) is 23.2 Å². The first-order valence-electron chi connectivity index (χ1n) is 11.3. The van der Waals surface area contributed by atoms with Crippen molar-refractivity contribution in [1.82, 2.24) is 5.32 Å². The number of amides is 1. The van der Waals surface area contributed by atoms with E-state index in [1.165, 1.54) is 12.1 Å². The van der Waals surface area contributed by atoms with Crippen LogP contribution in [0, 0.1) is 11.3 Å². The molecule has 0 radical (unpaired) electrons. The average molecular weight is 545 g/mol. The maximum absolute atomic E-state index is 12.5. The van der Waals surface area contributed by atoms with Gasteiger partial charge in [-0.25, -0.2) is 8.42 Å². The van der Waals surface area contributed by atoms with Gasteiger partial charge in [0.2, 0.25) is 5.91 Å². The van der Waals surface area contributed by atoms with Crippen LogP contribution in [-0.2, 0) is 27.5 Å². The summed E-state index contributed by atoms with van der Waals surface area (Å²) in [6.07, 6.45) is 2.87. The van der Waals surface area contributed by atoms with Crippen LogP contribution < -0.4 is 10.6 Å². The van der Waals surface area contributed by atoms with Crippen LogP contribution in [0.15, 0.2) is 59.5 Å². The molecule has 0 aliphatic carbocycles. The summed E-state index contributed by atoms with van der Waals surface area (Å²) in [6, 6.07) is 17.5. The van der Waals surface area contributed by atoms with Gasteiger partial charge in [0, 0.05) is 23.5 Å². The highest BCUT2D eigenvalue weighted by molar-refractivity contribution is 7.90. The van der Waals surface area contributed by atoms with Gasteiger partial charge in [0.1, 0.15) is 0 Å². The number of nitrogens with one attached hydrogen (secondary N) is 2. The summed E-state index contributed by atoms with van der Waals surface area (Å²) in [6.45, 7) is 2.09. The summed E-state index contributed by atoms with van der Waals surface area (Å²) in [7, 11) is -1.39. The van der Waals surface area contributed by atoms with Gasteiger partial charge in [-0.05, 0) is 66.9 Å². The first-order chi connectivity index (χ1) is 17.0. The van der Waals surface area contributed by atoms with E-state index >= 15 is 0 Å². The average Bonchev–Trinajstić information content (AvgIpc) is 2.82. The normalized spacial score (nSPS) is 12.1. The quantitative estimate of drug-likeness (QED) is 0.362. The molecule has 0 spiro atoms. The van der Waals surface area contributed by atoms with Crippen molar-refractivity contribution in [3.8, 4) is 17.2 Å². The van der Waals surface area contributed by atoms with Gasteiger partial charge in [0.15, 0.2) is 9.84 Å². The lowest BCUT2D eigenvalue weighted by atomic mass is 9.95. The molecule has 2 N–H and O–H groups in total. The third-order valence-corrected chi connectivity index (χ3v) is 7.65. The molecule has 9 heteroatoms. The molecule has 3 rings (SSSR count). The lowest BCUT2D eigenvalue weighted by molar-refractivity contribution is -0.115. The molecule has 0 fully saturated rings. The molecule has 0 aromatic heterocycles. The molecule has 3 aromatic rings. The second-order valence-electron chi connectivity index (χ2n) is 8.54. The van der Waals surface area contributed by atoms with E-state index in [1.807, 2.05) is 19.2 Å². The number of carbonyl (C=O) groups excluding carboxylic acids is 1. The molecule has 0 bridgehead atoms. The van der Waals surface area contributed by atoms with E-state index in [0.29, 0.717) is 38.0 Å². The Kier molecular flexibility index (Phi) is 9.15. The third-order valence-electron chi connectivity index (χ3n) is 5.93. The minimum atomic E-state index is -3.30. The van der Waals surface area contributed by atoms with Crippen LogP contribution in [-0.4, -0.2) is 33.7 Å². The highest BCUT2D eigenvalue weighted by Crippen LogP contribution is 2.38. The van der Waals surface area contributed by atoms with E-state index < -0.39 is 9.84 Å². The number of hydrogen-bond donors (Lipinski definition) is 2. The van der Waals surface area contributed by atoms with Crippen molar-refractivity contribution in [2.24, 2.45) is 0 Å². The molecule has 0 heterocycles. The van der Waals surface area contributed by atoms with Gasteiger partial charge in [-0.3, -0.25) is 4.79 Å². The van der Waals surface area contributed by atoms with Gasteiger partial charge in [-0.1, -0.05) is 54.4 Å². The van der Waals surface area contributed by atoms with Gasteiger partial charge in [0.25, 0.3) is 0 Å². The molecule has 36 heavy (non-hydrogen) atoms. The number of likely N-dealkylation sites (N-methyl/N-ethyl adjacent to an activating group) is 1. The zero-order valence-corrected chi connectivity index (χ0v) is 22.6. The number of anilines is 1. The number of hydrogen-bond acceptors (Lipinski definition) is 5. The van der Waals surface area contributed by atoms with Crippen LogP contribution in [0.1, 0.15) is 30.0 Å². The predicted molar refractivity (Wildman–Crippen MR) is 145 cm³/mol. The summed E-state index contributed by atoms with van der Waals surface area (Å²) in [5.74, 6) is -0.298. The molecule has 6 nitrogen and oxygen atoms in total. The maximum atomic E-state index is 12.5. The summed E-state index contributed by atoms with van der Waals surface area (Å²) >= 11 is 13.1. The molecular weight excluding hydrogens is 517 g/mol. The fourth-order valence-electron chi connectivity index (χ4n) is 3.90. The molecule has 1 amide bonds. The van der Waals surface area contributed by atoms with Crippen molar-refractivity contribution in [1.29, 1.82) is 5.26 Å². The predicted octanol–water partition coefficient (Wildman–Crippen LogP) is 5.66. The Morgan fingerprint density at radius 3 is 2.22 bits per heavy atom. The fourth-order valence-corrected chi connectivity index (χ4v) is 5.23. The second-order valence-corrected chi connectivity index (χ2v) is 11.4. The highest BCUT2D eigenvalue weighted by Gasteiger charge is 2.16. The van der Waals surface area contributed by atoms with Gasteiger partial charge in [-0.15, -0.1) is 0 Å². The SMILES string of the molecule is CCC(Cc1ccc(-c2c(Cl)cc(NC(=O)Cc3ccc(S(C)(=O)=O)cc3)cc2Cl)cc1C#N)NC. The Balaban J connectivity index is 1.79. The molecular formula is C27H27Cl2N3O3S. The number of nitriles is 1. The molecule has 0 aliphatic rings. The topological polar surface area (TPSA) is 99.1 Å². The Morgan fingerprint density at radius 2 is 1.69 bits per heavy atom. The van der Waals surface area contributed by atoms with Crippen LogP contribution in [0.2, 0.25) is 10.0 Å². The molecule has 0 aliphatic heterocycles. The molecule has 1 atom stereocenters. The van der Waals surface area contributed by atoms with Gasteiger partial charge < -0.3 is 10.6 Å². The van der Waals surface area contributed by atoms with Crippen LogP contribution in [0.3, 0.4) is 0 Å². The minimum Gasteiger partial charge on any atom is -0.326 e. The minimum absolute atomic E-state index is 0.0550. The number of carbonyl (C=O) groups is 1. The zero-order chi connectivity index (χ0) is 26.5. The van der Waals surface area contributed by atoms with Crippen molar-refractivity contribution in [2.45, 2.75) is 37.1 Å². The van der Waals surface area contributed by atoms with Crippen LogP contribution in [0.25, 0.3) is 11.1 Å². The molecule has 188 valence electrons. The summed E-state index contributed by atoms with van der Waals surface area (Å²) < 4.78 is 23.2. The molecule has 0 saturated heterocycles. The summed E-state index contributed by atoms with van der Waals surface area (Å²) in [5.41, 5.74) is 3.91. The van der Waals surface area contributed by atoms with Crippen LogP contribution >= 0.6 is 23.2 Å². The Morgan fingerprint density at radius 1 is 1.06 bits per heavy atom. The maximum Gasteiger partial charge on any atom is 0.228 e. The fraction of sp³-hybridized carbons (Fsp3) is 0.259. The van der Waals surface area contributed by atoms with E-state index in [0.717, 1.165) is 24.7 Å². The standard InChI is InChI=1S/C27H27Cl2N3O3S/c1-4-21(31-2)13-18-7-8-19(12-20(18)16-30)27-24(28)14-22(15-25(27)29)32-26(33)11-17-5-9-23(10-6-17)36(3,34)35/h5-10,12,14-15,21,31H,4,11,13H2,1-3H3,(H,32,33). The number of sulfone groups is 1. The molecule has 3 aromatic carbocycles.